The molecule has 108 valence electrons. The number of aromatic amines is 1. The minimum Gasteiger partial charge on any atom is -0.508 e. The molecule has 0 atom stereocenters. The third kappa shape index (κ3) is 2.37. The van der Waals surface area contributed by atoms with Gasteiger partial charge in [-0.15, -0.1) is 0 Å². The van der Waals surface area contributed by atoms with Gasteiger partial charge in [-0.05, 0) is 30.3 Å². The van der Waals surface area contributed by atoms with Gasteiger partial charge in [0.1, 0.15) is 17.3 Å². The first-order valence-corrected chi connectivity index (χ1v) is 5.94. The van der Waals surface area contributed by atoms with Crippen molar-refractivity contribution in [3.8, 4) is 22.9 Å². The Morgan fingerprint density at radius 3 is 2.43 bits per heavy atom. The summed E-state index contributed by atoms with van der Waals surface area (Å²) in [6.07, 6.45) is -4.43. The molecule has 1 aromatic heterocycles. The zero-order valence-corrected chi connectivity index (χ0v) is 10.4. The minimum atomic E-state index is -4.43. The second-order valence-electron chi connectivity index (χ2n) is 4.52. The highest BCUT2D eigenvalue weighted by atomic mass is 19.4. The van der Waals surface area contributed by atoms with E-state index in [2.05, 4.69) is 9.97 Å². The summed E-state index contributed by atoms with van der Waals surface area (Å²) in [7, 11) is 0. The van der Waals surface area contributed by atoms with Gasteiger partial charge in [0, 0.05) is 6.07 Å². The predicted molar refractivity (Wildman–Crippen MR) is 69.9 cm³/mol. The van der Waals surface area contributed by atoms with Crippen LogP contribution in [0.4, 0.5) is 13.2 Å². The molecule has 0 aliphatic carbocycles. The fourth-order valence-corrected chi connectivity index (χ4v) is 2.03. The molecule has 0 spiro atoms. The lowest BCUT2D eigenvalue weighted by Crippen LogP contribution is -2.04. The number of rotatable bonds is 1. The maximum Gasteiger partial charge on any atom is 0.416 e. The van der Waals surface area contributed by atoms with Gasteiger partial charge in [-0.25, -0.2) is 4.98 Å². The van der Waals surface area contributed by atoms with Crippen LogP contribution in [0.1, 0.15) is 5.56 Å². The molecule has 2 aromatic carbocycles. The van der Waals surface area contributed by atoms with E-state index in [0.717, 1.165) is 18.2 Å². The summed E-state index contributed by atoms with van der Waals surface area (Å²) >= 11 is 0. The molecule has 0 fully saturated rings. The molecule has 21 heavy (non-hydrogen) atoms. The van der Waals surface area contributed by atoms with E-state index < -0.39 is 11.7 Å². The van der Waals surface area contributed by atoms with Gasteiger partial charge in [0.25, 0.3) is 0 Å². The summed E-state index contributed by atoms with van der Waals surface area (Å²) in [6.45, 7) is 0. The van der Waals surface area contributed by atoms with Crippen LogP contribution in [0.2, 0.25) is 0 Å². The summed E-state index contributed by atoms with van der Waals surface area (Å²) < 4.78 is 38.0. The van der Waals surface area contributed by atoms with Crippen LogP contribution in [-0.2, 0) is 6.18 Å². The highest BCUT2D eigenvalue weighted by molar-refractivity contribution is 5.81. The first-order valence-electron chi connectivity index (χ1n) is 5.94. The predicted octanol–water partition coefficient (Wildman–Crippen LogP) is 3.66. The Morgan fingerprint density at radius 2 is 1.76 bits per heavy atom. The quantitative estimate of drug-likeness (QED) is 0.641. The van der Waals surface area contributed by atoms with E-state index in [0.29, 0.717) is 5.52 Å². The van der Waals surface area contributed by atoms with Gasteiger partial charge in [-0.2, -0.15) is 13.2 Å². The van der Waals surface area contributed by atoms with Crippen molar-refractivity contribution < 1.29 is 23.4 Å². The van der Waals surface area contributed by atoms with E-state index >= 15 is 0 Å². The number of alkyl halides is 3. The first-order chi connectivity index (χ1) is 9.84. The van der Waals surface area contributed by atoms with E-state index in [1.54, 1.807) is 0 Å². The van der Waals surface area contributed by atoms with Crippen molar-refractivity contribution in [2.24, 2.45) is 0 Å². The van der Waals surface area contributed by atoms with Gasteiger partial charge < -0.3 is 15.2 Å². The number of fused-ring (bicyclic) bond motifs is 1. The van der Waals surface area contributed by atoms with Crippen LogP contribution in [0.3, 0.4) is 0 Å². The second kappa shape index (κ2) is 4.41. The van der Waals surface area contributed by atoms with Crippen LogP contribution < -0.4 is 0 Å². The lowest BCUT2D eigenvalue weighted by Gasteiger charge is -2.05. The second-order valence-corrected chi connectivity index (χ2v) is 4.52. The van der Waals surface area contributed by atoms with Gasteiger partial charge >= 0.3 is 6.18 Å². The molecular weight excluding hydrogens is 285 g/mol. The maximum absolute atomic E-state index is 12.7. The van der Waals surface area contributed by atoms with Crippen LogP contribution >= 0.6 is 0 Å². The molecule has 0 amide bonds. The normalized spacial score (nSPS) is 12.0. The lowest BCUT2D eigenvalue weighted by atomic mass is 10.2. The fraction of sp³-hybridized carbons (Fsp3) is 0.0714. The molecule has 0 aliphatic heterocycles. The van der Waals surface area contributed by atoms with Crippen molar-refractivity contribution >= 4 is 11.0 Å². The van der Waals surface area contributed by atoms with E-state index in [4.69, 9.17) is 0 Å². The van der Waals surface area contributed by atoms with Crippen LogP contribution in [0.25, 0.3) is 22.4 Å². The summed E-state index contributed by atoms with van der Waals surface area (Å²) in [5.41, 5.74) is 0.0791. The molecule has 0 bridgehead atoms. The van der Waals surface area contributed by atoms with E-state index in [9.17, 15) is 23.4 Å². The van der Waals surface area contributed by atoms with Crippen molar-refractivity contribution in [3.05, 3.63) is 42.0 Å². The van der Waals surface area contributed by atoms with Crippen LogP contribution in [-0.4, -0.2) is 20.2 Å². The third-order valence-corrected chi connectivity index (χ3v) is 3.05. The van der Waals surface area contributed by atoms with Gasteiger partial charge in [0.2, 0.25) is 0 Å². The van der Waals surface area contributed by atoms with E-state index in [-0.39, 0.29) is 28.4 Å². The molecule has 0 saturated carbocycles. The number of nitrogens with zero attached hydrogens (tertiary/aromatic N) is 1. The molecule has 0 radical (unpaired) electrons. The average molecular weight is 294 g/mol. The van der Waals surface area contributed by atoms with E-state index in [1.165, 1.54) is 18.2 Å². The van der Waals surface area contributed by atoms with Gasteiger partial charge in [0.05, 0.1) is 22.2 Å². The number of H-pyrrole nitrogens is 1. The SMILES string of the molecule is Oc1ccc(-c2nc3ccc(C(F)(F)F)cc3[nH]2)c(O)c1. The zero-order chi connectivity index (χ0) is 15.2. The number of aromatic nitrogens is 2. The smallest absolute Gasteiger partial charge is 0.416 e. The number of hydrogen-bond acceptors (Lipinski definition) is 3. The molecule has 7 heteroatoms. The number of imidazole rings is 1. The van der Waals surface area contributed by atoms with Crippen molar-refractivity contribution in [1.29, 1.82) is 0 Å². The molecular formula is C14H9F3N2O2. The number of benzene rings is 2. The molecule has 0 aliphatic rings. The lowest BCUT2D eigenvalue weighted by molar-refractivity contribution is -0.137. The van der Waals surface area contributed by atoms with Gasteiger partial charge in [-0.1, -0.05) is 0 Å². The van der Waals surface area contributed by atoms with Crippen LogP contribution in [0.5, 0.6) is 11.5 Å². The molecule has 3 N–H and O–H groups in total. The summed E-state index contributed by atoms with van der Waals surface area (Å²) in [4.78, 5) is 6.86. The Kier molecular flexibility index (Phi) is 2.79. The molecule has 1 heterocycles. The zero-order valence-electron chi connectivity index (χ0n) is 10.4. The number of hydrogen-bond donors (Lipinski definition) is 3. The summed E-state index contributed by atoms with van der Waals surface area (Å²) in [6, 6.07) is 7.07. The molecule has 4 nitrogen and oxygen atoms in total. The number of aromatic hydroxyl groups is 2. The Hall–Kier alpha value is -2.70. The highest BCUT2D eigenvalue weighted by Gasteiger charge is 2.30. The van der Waals surface area contributed by atoms with Crippen molar-refractivity contribution in [2.75, 3.05) is 0 Å². The number of phenols is 2. The Bertz CT molecular complexity index is 825. The summed E-state index contributed by atoms with van der Waals surface area (Å²) in [5, 5.41) is 19.0. The average Bonchev–Trinajstić information content (AvgIpc) is 2.79. The third-order valence-electron chi connectivity index (χ3n) is 3.05. The maximum atomic E-state index is 12.7. The Balaban J connectivity index is 2.13. The molecule has 3 aromatic rings. The van der Waals surface area contributed by atoms with Crippen LogP contribution in [0.15, 0.2) is 36.4 Å². The fourth-order valence-electron chi connectivity index (χ4n) is 2.03. The summed E-state index contributed by atoms with van der Waals surface area (Å²) in [5.74, 6) is -0.112. The van der Waals surface area contributed by atoms with Crippen LogP contribution in [0, 0.1) is 0 Å². The van der Waals surface area contributed by atoms with Gasteiger partial charge in [-0.3, -0.25) is 0 Å². The molecule has 3 rings (SSSR count). The Morgan fingerprint density at radius 1 is 1.00 bits per heavy atom. The van der Waals surface area contributed by atoms with Gasteiger partial charge in [0.15, 0.2) is 0 Å². The molecule has 0 saturated heterocycles. The first kappa shape index (κ1) is 13.3. The standard InChI is InChI=1S/C14H9F3N2O2/c15-14(16,17)7-1-4-10-11(5-7)19-13(18-10)9-3-2-8(20)6-12(9)21/h1-6,20-21H,(H,18,19). The largest absolute Gasteiger partial charge is 0.508 e. The van der Waals surface area contributed by atoms with E-state index in [1.807, 2.05) is 0 Å². The molecule has 0 unspecified atom stereocenters. The number of halogens is 3. The minimum absolute atomic E-state index is 0.119. The highest BCUT2D eigenvalue weighted by Crippen LogP contribution is 2.34. The topological polar surface area (TPSA) is 69.1 Å². The van der Waals surface area contributed by atoms with Crippen molar-refractivity contribution in [2.45, 2.75) is 6.18 Å². The Labute approximate surface area is 116 Å². The number of phenolic OH excluding ortho intramolecular Hbond substituents is 2. The van der Waals surface area contributed by atoms with Crippen molar-refractivity contribution in [1.82, 2.24) is 9.97 Å². The van der Waals surface area contributed by atoms with Crippen molar-refractivity contribution in [3.63, 3.8) is 0 Å². The monoisotopic (exact) mass is 294 g/mol. The number of nitrogens with one attached hydrogen (secondary N) is 1.